The molecule has 4 aliphatic rings. The lowest BCUT2D eigenvalue weighted by Crippen LogP contribution is -2.53. The molecule has 4 aliphatic heterocycles. The molecule has 0 saturated carbocycles. The molecule has 3 fully saturated rings. The lowest BCUT2D eigenvalue weighted by molar-refractivity contribution is -0.0462. The van der Waals surface area contributed by atoms with Crippen LogP contribution in [0.1, 0.15) is 35.6 Å². The van der Waals surface area contributed by atoms with Gasteiger partial charge in [0.05, 0.1) is 6.04 Å². The molecule has 2 aromatic carbocycles. The Kier molecular flexibility index (Phi) is 6.98. The first-order valence-electron chi connectivity index (χ1n) is 10.9. The fourth-order valence-corrected chi connectivity index (χ4v) is 5.00. The van der Waals surface area contributed by atoms with Crippen LogP contribution in [-0.2, 0) is 15.7 Å². The van der Waals surface area contributed by atoms with Crippen molar-refractivity contribution in [2.45, 2.75) is 31.4 Å². The SMILES string of the molecule is O=C(O[C@H]1CN2CCC1CC2)N1CCc2ccccc2[C@@H]1c1ccccc1.O=P(O)(O)O. The highest BCUT2D eigenvalue weighted by Crippen LogP contribution is 2.37. The molecule has 3 saturated heterocycles. The number of fused-ring (bicyclic) bond motifs is 4. The summed E-state index contributed by atoms with van der Waals surface area (Å²) in [6.07, 6.45) is 3.09. The number of nitrogens with zero attached hydrogens (tertiary/aromatic N) is 2. The van der Waals surface area contributed by atoms with Crippen molar-refractivity contribution in [3.05, 3.63) is 71.3 Å². The summed E-state index contributed by atoms with van der Waals surface area (Å²) in [5, 5.41) is 0. The zero-order chi connectivity index (χ0) is 22.7. The predicted octanol–water partition coefficient (Wildman–Crippen LogP) is 2.94. The van der Waals surface area contributed by atoms with Crippen molar-refractivity contribution < 1.29 is 28.8 Å². The second-order valence-corrected chi connectivity index (χ2v) is 9.56. The van der Waals surface area contributed by atoms with Gasteiger partial charge in [-0.05, 0) is 55.0 Å². The second kappa shape index (κ2) is 9.73. The highest BCUT2D eigenvalue weighted by atomic mass is 31.2. The van der Waals surface area contributed by atoms with Gasteiger partial charge in [-0.1, -0.05) is 54.6 Å². The number of hydrogen-bond acceptors (Lipinski definition) is 4. The van der Waals surface area contributed by atoms with Gasteiger partial charge in [0.15, 0.2) is 0 Å². The minimum absolute atomic E-state index is 0.0496. The van der Waals surface area contributed by atoms with Crippen LogP contribution in [0.25, 0.3) is 0 Å². The highest BCUT2D eigenvalue weighted by molar-refractivity contribution is 7.45. The third-order valence-electron chi connectivity index (χ3n) is 6.48. The van der Waals surface area contributed by atoms with Crippen LogP contribution in [0.2, 0.25) is 0 Å². The van der Waals surface area contributed by atoms with E-state index in [1.807, 2.05) is 23.1 Å². The van der Waals surface area contributed by atoms with E-state index in [-0.39, 0.29) is 18.2 Å². The molecular formula is C23H29N2O6P. The maximum atomic E-state index is 13.2. The second-order valence-electron chi connectivity index (χ2n) is 8.53. The molecule has 172 valence electrons. The molecule has 6 rings (SSSR count). The number of phosphoric acid groups is 1. The summed E-state index contributed by atoms with van der Waals surface area (Å²) in [7, 11) is -4.64. The van der Waals surface area contributed by atoms with Crippen LogP contribution in [0.3, 0.4) is 0 Å². The van der Waals surface area contributed by atoms with Gasteiger partial charge in [0, 0.05) is 13.1 Å². The van der Waals surface area contributed by atoms with E-state index in [9.17, 15) is 4.79 Å². The lowest BCUT2D eigenvalue weighted by atomic mass is 9.86. The number of hydrogen-bond donors (Lipinski definition) is 3. The van der Waals surface area contributed by atoms with Gasteiger partial charge in [-0.3, -0.25) is 9.80 Å². The zero-order valence-corrected chi connectivity index (χ0v) is 18.7. The van der Waals surface area contributed by atoms with Gasteiger partial charge in [0.2, 0.25) is 0 Å². The smallest absolute Gasteiger partial charge is 0.444 e. The Morgan fingerprint density at radius 1 is 0.938 bits per heavy atom. The van der Waals surface area contributed by atoms with E-state index in [1.54, 1.807) is 0 Å². The average Bonchev–Trinajstić information content (AvgIpc) is 2.78. The molecule has 8 nitrogen and oxygen atoms in total. The number of benzene rings is 2. The topological polar surface area (TPSA) is 111 Å². The summed E-state index contributed by atoms with van der Waals surface area (Å²) in [5.74, 6) is 0.534. The van der Waals surface area contributed by atoms with Gasteiger partial charge in [-0.25, -0.2) is 9.36 Å². The first-order chi connectivity index (χ1) is 15.3. The van der Waals surface area contributed by atoms with Crippen LogP contribution in [0, 0.1) is 5.92 Å². The summed E-state index contributed by atoms with van der Waals surface area (Å²) in [6, 6.07) is 18.8. The van der Waals surface area contributed by atoms with Crippen molar-refractivity contribution >= 4 is 13.9 Å². The Bertz CT molecular complexity index is 965. The predicted molar refractivity (Wildman–Crippen MR) is 119 cm³/mol. The first-order valence-corrected chi connectivity index (χ1v) is 12.5. The number of ether oxygens (including phenoxy) is 1. The molecule has 32 heavy (non-hydrogen) atoms. The molecule has 0 radical (unpaired) electrons. The normalized spacial score (nSPS) is 26.5. The largest absolute Gasteiger partial charge is 0.466 e. The van der Waals surface area contributed by atoms with Gasteiger partial charge in [-0.15, -0.1) is 0 Å². The van der Waals surface area contributed by atoms with E-state index in [2.05, 4.69) is 41.3 Å². The fourth-order valence-electron chi connectivity index (χ4n) is 5.00. The molecule has 9 heteroatoms. The molecule has 2 aromatic rings. The van der Waals surface area contributed by atoms with Gasteiger partial charge >= 0.3 is 13.9 Å². The van der Waals surface area contributed by atoms with Gasteiger partial charge in [0.1, 0.15) is 6.10 Å². The van der Waals surface area contributed by atoms with Crippen molar-refractivity contribution in [2.75, 3.05) is 26.2 Å². The number of carbonyl (C=O) groups is 1. The van der Waals surface area contributed by atoms with E-state index in [1.165, 1.54) is 11.1 Å². The minimum Gasteiger partial charge on any atom is -0.444 e. The summed E-state index contributed by atoms with van der Waals surface area (Å²) in [5.41, 5.74) is 3.70. The van der Waals surface area contributed by atoms with E-state index < -0.39 is 7.82 Å². The molecule has 2 atom stereocenters. The van der Waals surface area contributed by atoms with Crippen molar-refractivity contribution in [2.24, 2.45) is 5.92 Å². The Morgan fingerprint density at radius 2 is 1.56 bits per heavy atom. The Balaban J connectivity index is 0.000000444. The zero-order valence-electron chi connectivity index (χ0n) is 17.8. The van der Waals surface area contributed by atoms with Crippen molar-refractivity contribution in [3.63, 3.8) is 0 Å². The Hall–Kier alpha value is -2.22. The lowest BCUT2D eigenvalue weighted by Gasteiger charge is -2.45. The molecule has 1 amide bonds. The van der Waals surface area contributed by atoms with E-state index >= 15 is 0 Å². The van der Waals surface area contributed by atoms with Gasteiger partial charge < -0.3 is 19.4 Å². The van der Waals surface area contributed by atoms with Crippen molar-refractivity contribution in [3.8, 4) is 0 Å². The van der Waals surface area contributed by atoms with Crippen LogP contribution in [-0.4, -0.2) is 62.9 Å². The molecule has 0 spiro atoms. The minimum atomic E-state index is -4.64. The average molecular weight is 460 g/mol. The quantitative estimate of drug-likeness (QED) is 0.591. The van der Waals surface area contributed by atoms with Crippen LogP contribution in [0.5, 0.6) is 0 Å². The molecule has 2 bridgehead atoms. The Labute approximate surface area is 187 Å². The van der Waals surface area contributed by atoms with E-state index in [0.717, 1.165) is 44.5 Å². The summed E-state index contributed by atoms with van der Waals surface area (Å²) >= 11 is 0. The van der Waals surface area contributed by atoms with Crippen molar-refractivity contribution in [1.82, 2.24) is 9.80 Å². The third-order valence-corrected chi connectivity index (χ3v) is 6.48. The molecule has 3 N–H and O–H groups in total. The number of amides is 1. The van der Waals surface area contributed by atoms with Crippen LogP contribution in [0.15, 0.2) is 54.6 Å². The van der Waals surface area contributed by atoms with Gasteiger partial charge in [0.25, 0.3) is 0 Å². The summed E-state index contributed by atoms with van der Waals surface area (Å²) in [4.78, 5) is 39.2. The van der Waals surface area contributed by atoms with Crippen molar-refractivity contribution in [1.29, 1.82) is 0 Å². The van der Waals surface area contributed by atoms with Gasteiger partial charge in [-0.2, -0.15) is 0 Å². The molecular weight excluding hydrogens is 431 g/mol. The highest BCUT2D eigenvalue weighted by Gasteiger charge is 2.39. The molecule has 0 unspecified atom stereocenters. The summed E-state index contributed by atoms with van der Waals surface area (Å²) < 4.78 is 15.0. The first kappa shape index (κ1) is 23.0. The number of carbonyl (C=O) groups excluding carboxylic acids is 1. The summed E-state index contributed by atoms with van der Waals surface area (Å²) in [6.45, 7) is 3.91. The van der Waals surface area contributed by atoms with E-state index in [4.69, 9.17) is 24.0 Å². The standard InChI is InChI=1S/C23H26N2O2.H3O4P/c26-23(27-21-16-24-13-10-18(21)11-14-24)25-15-12-17-6-4-5-9-20(17)22(25)19-7-2-1-3-8-19;1-5(2,3)4/h1-9,18,21-22H,10-16H2;(H3,1,2,3,4)/t21-,22-;/m0./s1. The fraction of sp³-hybridized carbons (Fsp3) is 0.435. The van der Waals surface area contributed by atoms with Crippen LogP contribution in [0.4, 0.5) is 4.79 Å². The third kappa shape index (κ3) is 5.57. The molecule has 0 aliphatic carbocycles. The molecule has 4 heterocycles. The molecule has 0 aromatic heterocycles. The maximum Gasteiger partial charge on any atom is 0.466 e. The van der Waals surface area contributed by atoms with Crippen LogP contribution < -0.4 is 0 Å². The van der Waals surface area contributed by atoms with Crippen LogP contribution >= 0.6 is 7.82 Å². The van der Waals surface area contributed by atoms with E-state index in [0.29, 0.717) is 12.5 Å². The number of piperidine rings is 3. The Morgan fingerprint density at radius 3 is 2.19 bits per heavy atom. The maximum absolute atomic E-state index is 13.2. The number of rotatable bonds is 2. The monoisotopic (exact) mass is 460 g/mol.